The second kappa shape index (κ2) is 6.08. The first-order chi connectivity index (χ1) is 14.0. The van der Waals surface area contributed by atoms with Crippen molar-refractivity contribution in [2.45, 2.75) is 73.1 Å². The van der Waals surface area contributed by atoms with Crippen LogP contribution in [0, 0.1) is 34.0 Å². The van der Waals surface area contributed by atoms with E-state index < -0.39 is 0 Å². The standard InChI is InChI=1S/C27H34O3/c1-15-12-20-18-8-9-26(4)19-13-21(28)24(30)16(2)17(19)6-7-23(26)27(18,5)11-10-25(20,3)14-22(15)29/h6-7,13,15,18,20,30H,8-12,14H2,1-5H3/t15-,18+,20?,25+,26+,27+/m0/s1. The van der Waals surface area contributed by atoms with Crippen LogP contribution in [0.25, 0.3) is 0 Å². The molecule has 6 atom stereocenters. The third-order valence-corrected chi connectivity index (χ3v) is 9.88. The number of Topliss-reactive ketones (excluding diaryl/α,β-unsaturated/α-hetero) is 1. The maximum Gasteiger partial charge on any atom is 0.220 e. The molecule has 0 radical (unpaired) electrons. The van der Waals surface area contributed by atoms with Gasteiger partial charge in [0.05, 0.1) is 0 Å². The third-order valence-electron chi connectivity index (χ3n) is 9.88. The van der Waals surface area contributed by atoms with Gasteiger partial charge in [0.2, 0.25) is 5.78 Å². The largest absolute Gasteiger partial charge is 0.504 e. The first-order valence-electron chi connectivity index (χ1n) is 11.6. The van der Waals surface area contributed by atoms with Crippen molar-refractivity contribution in [1.29, 1.82) is 0 Å². The van der Waals surface area contributed by atoms with Crippen molar-refractivity contribution < 1.29 is 14.7 Å². The summed E-state index contributed by atoms with van der Waals surface area (Å²) >= 11 is 0. The van der Waals surface area contributed by atoms with Crippen molar-refractivity contribution in [1.82, 2.24) is 0 Å². The molecule has 3 saturated carbocycles. The Morgan fingerprint density at radius 3 is 2.50 bits per heavy atom. The van der Waals surface area contributed by atoms with E-state index in [4.69, 9.17) is 0 Å². The quantitative estimate of drug-likeness (QED) is 0.534. The highest BCUT2D eigenvalue weighted by molar-refractivity contribution is 6.06. The van der Waals surface area contributed by atoms with Crippen molar-refractivity contribution in [3.8, 4) is 0 Å². The Morgan fingerprint density at radius 1 is 1.03 bits per heavy atom. The summed E-state index contributed by atoms with van der Waals surface area (Å²) in [5.41, 5.74) is 4.38. The van der Waals surface area contributed by atoms with Crippen molar-refractivity contribution in [2.24, 2.45) is 34.0 Å². The van der Waals surface area contributed by atoms with Crippen LogP contribution in [0.2, 0.25) is 0 Å². The number of fused-ring (bicyclic) bond motifs is 7. The summed E-state index contributed by atoms with van der Waals surface area (Å²) in [7, 11) is 0. The average molecular weight is 407 g/mol. The van der Waals surface area contributed by atoms with Gasteiger partial charge < -0.3 is 5.11 Å². The lowest BCUT2D eigenvalue weighted by Gasteiger charge is -2.63. The summed E-state index contributed by atoms with van der Waals surface area (Å²) in [5, 5.41) is 10.2. The highest BCUT2D eigenvalue weighted by atomic mass is 16.3. The van der Waals surface area contributed by atoms with Gasteiger partial charge in [0.1, 0.15) is 5.78 Å². The fraction of sp³-hybridized carbons (Fsp3) is 0.630. The van der Waals surface area contributed by atoms with Crippen LogP contribution in [-0.4, -0.2) is 16.7 Å². The molecule has 1 unspecified atom stereocenters. The van der Waals surface area contributed by atoms with Gasteiger partial charge in [-0.25, -0.2) is 0 Å². The van der Waals surface area contributed by atoms with E-state index in [1.165, 1.54) is 5.57 Å². The number of rotatable bonds is 0. The number of aliphatic hydroxyl groups excluding tert-OH is 1. The Morgan fingerprint density at radius 2 is 1.77 bits per heavy atom. The molecule has 1 N–H and O–H groups in total. The molecule has 0 saturated heterocycles. The topological polar surface area (TPSA) is 54.4 Å². The van der Waals surface area contributed by atoms with Crippen LogP contribution in [0.3, 0.4) is 0 Å². The first-order valence-corrected chi connectivity index (χ1v) is 11.6. The minimum atomic E-state index is -0.259. The summed E-state index contributed by atoms with van der Waals surface area (Å²) < 4.78 is 0. The van der Waals surface area contributed by atoms with Crippen molar-refractivity contribution >= 4 is 11.6 Å². The van der Waals surface area contributed by atoms with Gasteiger partial charge in [-0.3, -0.25) is 9.59 Å². The second-order valence-corrected chi connectivity index (χ2v) is 11.5. The molecule has 30 heavy (non-hydrogen) atoms. The summed E-state index contributed by atoms with van der Waals surface area (Å²) in [6.45, 7) is 11.1. The van der Waals surface area contributed by atoms with Gasteiger partial charge in [-0.15, -0.1) is 0 Å². The molecule has 0 aromatic heterocycles. The zero-order valence-corrected chi connectivity index (χ0v) is 19.0. The molecule has 5 rings (SSSR count). The molecule has 5 aliphatic carbocycles. The van der Waals surface area contributed by atoms with Crippen LogP contribution in [0.4, 0.5) is 0 Å². The number of carbonyl (C=O) groups excluding carboxylic acids is 2. The first kappa shape index (κ1) is 20.0. The van der Waals surface area contributed by atoms with Crippen molar-refractivity contribution in [3.63, 3.8) is 0 Å². The summed E-state index contributed by atoms with van der Waals surface area (Å²) in [5.74, 6) is 1.44. The SMILES string of the molecule is CC1=C(O)C(=O)C=C2C1=CC=C1[C@]2(C)CC[C@@H]2C3C[C@H](C)C(=O)C[C@@]3(C)CC[C@@]12C. The molecule has 5 aliphatic rings. The van der Waals surface area contributed by atoms with Gasteiger partial charge >= 0.3 is 0 Å². The molecular weight excluding hydrogens is 372 g/mol. The smallest absolute Gasteiger partial charge is 0.220 e. The Bertz CT molecular complexity index is 992. The summed E-state index contributed by atoms with van der Waals surface area (Å²) in [6, 6.07) is 0. The zero-order chi connectivity index (χ0) is 21.6. The fourth-order valence-corrected chi connectivity index (χ4v) is 7.95. The van der Waals surface area contributed by atoms with Crippen LogP contribution in [0.15, 0.2) is 46.3 Å². The van der Waals surface area contributed by atoms with Crippen LogP contribution in [0.1, 0.15) is 73.1 Å². The van der Waals surface area contributed by atoms with Gasteiger partial charge in [-0.1, -0.05) is 45.4 Å². The molecule has 0 aromatic rings. The lowest BCUT2D eigenvalue weighted by Crippen LogP contribution is -2.56. The van der Waals surface area contributed by atoms with Gasteiger partial charge in [-0.2, -0.15) is 0 Å². The average Bonchev–Trinajstić information content (AvgIpc) is 2.68. The van der Waals surface area contributed by atoms with Crippen LogP contribution in [-0.2, 0) is 9.59 Å². The Hall–Kier alpha value is -1.90. The predicted octanol–water partition coefficient (Wildman–Crippen LogP) is 6.03. The highest BCUT2D eigenvalue weighted by Gasteiger charge is 2.61. The molecule has 3 nitrogen and oxygen atoms in total. The van der Waals surface area contributed by atoms with Gasteiger partial charge in [0.15, 0.2) is 5.76 Å². The molecule has 0 heterocycles. The van der Waals surface area contributed by atoms with E-state index in [9.17, 15) is 14.7 Å². The normalized spacial score (nSPS) is 45.5. The van der Waals surface area contributed by atoms with Crippen molar-refractivity contribution in [3.05, 3.63) is 46.3 Å². The number of allylic oxidation sites excluding steroid dienone is 7. The van der Waals surface area contributed by atoms with Crippen LogP contribution in [0.5, 0.6) is 0 Å². The van der Waals surface area contributed by atoms with E-state index in [-0.39, 0.29) is 33.7 Å². The van der Waals surface area contributed by atoms with E-state index in [1.54, 1.807) is 6.08 Å². The molecule has 160 valence electrons. The molecule has 0 bridgehead atoms. The maximum absolute atomic E-state index is 12.5. The lowest BCUT2D eigenvalue weighted by atomic mass is 9.40. The Kier molecular flexibility index (Phi) is 4.06. The van der Waals surface area contributed by atoms with Crippen molar-refractivity contribution in [2.75, 3.05) is 0 Å². The molecule has 0 spiro atoms. The molecule has 0 amide bonds. The summed E-state index contributed by atoms with van der Waals surface area (Å²) in [4.78, 5) is 25.0. The second-order valence-electron chi connectivity index (χ2n) is 11.5. The monoisotopic (exact) mass is 406 g/mol. The van der Waals surface area contributed by atoms with E-state index >= 15 is 0 Å². The third kappa shape index (κ3) is 2.38. The van der Waals surface area contributed by atoms with E-state index in [1.807, 2.05) is 6.92 Å². The maximum atomic E-state index is 12.5. The van der Waals surface area contributed by atoms with E-state index in [0.717, 1.165) is 49.7 Å². The molecule has 3 fully saturated rings. The molecule has 0 aromatic carbocycles. The fourth-order valence-electron chi connectivity index (χ4n) is 7.95. The minimum Gasteiger partial charge on any atom is -0.504 e. The number of carbonyl (C=O) groups is 2. The zero-order valence-electron chi connectivity index (χ0n) is 19.0. The van der Waals surface area contributed by atoms with Gasteiger partial charge in [-0.05, 0) is 78.9 Å². The number of hydrogen-bond acceptors (Lipinski definition) is 3. The Labute approximate surface area is 180 Å². The predicted molar refractivity (Wildman–Crippen MR) is 118 cm³/mol. The number of ketones is 2. The Balaban J connectivity index is 1.60. The van der Waals surface area contributed by atoms with Crippen LogP contribution < -0.4 is 0 Å². The number of hydrogen-bond donors (Lipinski definition) is 1. The van der Waals surface area contributed by atoms with Gasteiger partial charge in [0.25, 0.3) is 0 Å². The van der Waals surface area contributed by atoms with Crippen LogP contribution >= 0.6 is 0 Å². The van der Waals surface area contributed by atoms with E-state index in [2.05, 4.69) is 39.8 Å². The number of aliphatic hydroxyl groups is 1. The highest BCUT2D eigenvalue weighted by Crippen LogP contribution is 2.69. The lowest BCUT2D eigenvalue weighted by molar-refractivity contribution is -0.140. The molecule has 0 aliphatic heterocycles. The summed E-state index contributed by atoms with van der Waals surface area (Å²) in [6.07, 6.45) is 12.3. The molecular formula is C27H34O3. The van der Waals surface area contributed by atoms with E-state index in [0.29, 0.717) is 23.2 Å². The van der Waals surface area contributed by atoms with Gasteiger partial charge in [0, 0.05) is 23.3 Å². The minimum absolute atomic E-state index is 0.0975. The molecule has 3 heteroatoms.